The Balaban J connectivity index is 1.75. The second kappa shape index (κ2) is 6.41. The number of para-hydroxylation sites is 1. The van der Waals surface area contributed by atoms with Gasteiger partial charge in [-0.05, 0) is 46.0 Å². The zero-order valence-electron chi connectivity index (χ0n) is 17.4. The Labute approximate surface area is 186 Å². The summed E-state index contributed by atoms with van der Waals surface area (Å²) in [6.07, 6.45) is 3.82. The number of pyridine rings is 1. The lowest BCUT2D eigenvalue weighted by Crippen LogP contribution is -2.28. The summed E-state index contributed by atoms with van der Waals surface area (Å²) in [5, 5.41) is 2.53. The molecule has 1 unspecified atom stereocenters. The Hall–Kier alpha value is -4.17. The van der Waals surface area contributed by atoms with E-state index in [4.69, 9.17) is 0 Å². The minimum atomic E-state index is -0.420. The molecule has 1 aliphatic rings. The fourth-order valence-corrected chi connectivity index (χ4v) is 5.77. The lowest BCUT2D eigenvalue weighted by atomic mass is 9.67. The van der Waals surface area contributed by atoms with Gasteiger partial charge in [-0.3, -0.25) is 4.98 Å². The van der Waals surface area contributed by atoms with Crippen molar-refractivity contribution in [2.24, 2.45) is 0 Å². The molecule has 2 heteroatoms. The Kier molecular flexibility index (Phi) is 3.51. The van der Waals surface area contributed by atoms with Crippen LogP contribution in [0, 0.1) is 0 Å². The van der Waals surface area contributed by atoms with E-state index >= 15 is 0 Å². The number of aromatic amines is 1. The third-order valence-electron chi connectivity index (χ3n) is 7.00. The monoisotopic (exact) mass is 408 g/mol. The molecule has 0 spiro atoms. The minimum absolute atomic E-state index is 0.420. The molecule has 0 amide bonds. The van der Waals surface area contributed by atoms with Gasteiger partial charge in [0, 0.05) is 34.2 Å². The summed E-state index contributed by atoms with van der Waals surface area (Å²) in [6, 6.07) is 37.2. The summed E-state index contributed by atoms with van der Waals surface area (Å²) >= 11 is 0. The van der Waals surface area contributed by atoms with Gasteiger partial charge in [-0.1, -0.05) is 84.9 Å². The van der Waals surface area contributed by atoms with Crippen LogP contribution in [0.3, 0.4) is 0 Å². The number of nitrogens with one attached hydrogen (secondary N) is 1. The molecule has 7 rings (SSSR count). The van der Waals surface area contributed by atoms with Crippen molar-refractivity contribution in [2.75, 3.05) is 0 Å². The van der Waals surface area contributed by atoms with Gasteiger partial charge in [0.1, 0.15) is 0 Å². The molecule has 0 aliphatic heterocycles. The standard InChI is InChI=1S/C30H20N2/c1-2-8-20(9-3-1)30(21-16-18-31-19-17-21)26-12-6-4-10-22(26)24-14-15-25-23-11-5-7-13-27(23)32-29(25)28(24)30/h1-19,32H. The summed E-state index contributed by atoms with van der Waals surface area (Å²) in [4.78, 5) is 8.13. The van der Waals surface area contributed by atoms with Crippen LogP contribution in [0.2, 0.25) is 0 Å². The van der Waals surface area contributed by atoms with E-state index in [0.717, 1.165) is 0 Å². The highest BCUT2D eigenvalue weighted by Crippen LogP contribution is 2.58. The van der Waals surface area contributed by atoms with E-state index in [0.29, 0.717) is 0 Å². The molecule has 6 aromatic rings. The predicted molar refractivity (Wildman–Crippen MR) is 131 cm³/mol. The Morgan fingerprint density at radius 3 is 2.16 bits per heavy atom. The van der Waals surface area contributed by atoms with Crippen LogP contribution in [-0.2, 0) is 5.41 Å². The van der Waals surface area contributed by atoms with E-state index in [2.05, 4.69) is 113 Å². The lowest BCUT2D eigenvalue weighted by molar-refractivity contribution is 0.771. The summed E-state index contributed by atoms with van der Waals surface area (Å²) in [5.74, 6) is 0. The maximum absolute atomic E-state index is 4.34. The maximum Gasteiger partial charge on any atom is 0.0735 e. The van der Waals surface area contributed by atoms with Crippen LogP contribution in [0.15, 0.2) is 116 Å². The van der Waals surface area contributed by atoms with Gasteiger partial charge < -0.3 is 4.98 Å². The van der Waals surface area contributed by atoms with Gasteiger partial charge in [0.05, 0.1) is 10.9 Å². The molecule has 1 atom stereocenters. The van der Waals surface area contributed by atoms with Crippen LogP contribution >= 0.6 is 0 Å². The number of H-pyrrole nitrogens is 1. The number of fused-ring (bicyclic) bond motifs is 7. The lowest BCUT2D eigenvalue weighted by Gasteiger charge is -2.34. The first kappa shape index (κ1) is 17.5. The van der Waals surface area contributed by atoms with Crippen molar-refractivity contribution in [3.63, 3.8) is 0 Å². The fourth-order valence-electron chi connectivity index (χ4n) is 5.77. The molecule has 32 heavy (non-hydrogen) atoms. The van der Waals surface area contributed by atoms with E-state index in [1.165, 1.54) is 55.2 Å². The molecular formula is C30H20N2. The topological polar surface area (TPSA) is 28.7 Å². The van der Waals surface area contributed by atoms with Crippen LogP contribution in [-0.4, -0.2) is 9.97 Å². The molecule has 150 valence electrons. The minimum Gasteiger partial charge on any atom is -0.354 e. The highest BCUT2D eigenvalue weighted by atomic mass is 14.7. The number of aromatic nitrogens is 2. The van der Waals surface area contributed by atoms with Crippen molar-refractivity contribution in [3.8, 4) is 11.1 Å². The van der Waals surface area contributed by atoms with E-state index in [-0.39, 0.29) is 0 Å². The molecule has 0 saturated heterocycles. The largest absolute Gasteiger partial charge is 0.354 e. The Bertz CT molecular complexity index is 1570. The summed E-state index contributed by atoms with van der Waals surface area (Å²) in [5.41, 5.74) is 9.69. The van der Waals surface area contributed by atoms with Crippen molar-refractivity contribution in [2.45, 2.75) is 5.41 Å². The highest BCUT2D eigenvalue weighted by Gasteiger charge is 2.47. The SMILES string of the molecule is c1ccc(C2(c3ccncc3)c3ccccc3-c3ccc4c([nH]c5ccccc54)c32)cc1. The molecule has 2 heterocycles. The third-order valence-corrected chi connectivity index (χ3v) is 7.00. The fraction of sp³-hybridized carbons (Fsp3) is 0.0333. The average molecular weight is 409 g/mol. The van der Waals surface area contributed by atoms with Gasteiger partial charge in [-0.15, -0.1) is 0 Å². The van der Waals surface area contributed by atoms with Crippen LogP contribution in [0.1, 0.15) is 22.3 Å². The first-order valence-corrected chi connectivity index (χ1v) is 11.0. The molecule has 2 nitrogen and oxygen atoms in total. The van der Waals surface area contributed by atoms with Gasteiger partial charge in [0.15, 0.2) is 0 Å². The van der Waals surface area contributed by atoms with Gasteiger partial charge in [-0.2, -0.15) is 0 Å². The zero-order valence-corrected chi connectivity index (χ0v) is 17.4. The Morgan fingerprint density at radius 1 is 0.562 bits per heavy atom. The van der Waals surface area contributed by atoms with Crippen LogP contribution in [0.25, 0.3) is 32.9 Å². The second-order valence-corrected chi connectivity index (χ2v) is 8.48. The van der Waals surface area contributed by atoms with E-state index in [1.807, 2.05) is 12.4 Å². The summed E-state index contributed by atoms with van der Waals surface area (Å²) < 4.78 is 0. The molecule has 0 fully saturated rings. The number of hydrogen-bond acceptors (Lipinski definition) is 1. The molecule has 1 aliphatic carbocycles. The van der Waals surface area contributed by atoms with Crippen LogP contribution in [0.4, 0.5) is 0 Å². The first-order chi connectivity index (χ1) is 15.9. The molecule has 0 bridgehead atoms. The molecule has 2 aromatic heterocycles. The smallest absolute Gasteiger partial charge is 0.0735 e. The molecule has 0 radical (unpaired) electrons. The van der Waals surface area contributed by atoms with E-state index in [9.17, 15) is 0 Å². The molecule has 1 N–H and O–H groups in total. The Morgan fingerprint density at radius 2 is 1.28 bits per heavy atom. The summed E-state index contributed by atoms with van der Waals surface area (Å²) in [7, 11) is 0. The number of rotatable bonds is 2. The van der Waals surface area contributed by atoms with Crippen LogP contribution < -0.4 is 0 Å². The average Bonchev–Trinajstić information content (AvgIpc) is 3.39. The first-order valence-electron chi connectivity index (χ1n) is 11.0. The van der Waals surface area contributed by atoms with Gasteiger partial charge in [0.2, 0.25) is 0 Å². The maximum atomic E-state index is 4.34. The van der Waals surface area contributed by atoms with Crippen molar-refractivity contribution in [1.29, 1.82) is 0 Å². The van der Waals surface area contributed by atoms with Crippen molar-refractivity contribution >= 4 is 21.8 Å². The summed E-state index contributed by atoms with van der Waals surface area (Å²) in [6.45, 7) is 0. The zero-order chi connectivity index (χ0) is 21.1. The van der Waals surface area contributed by atoms with Gasteiger partial charge >= 0.3 is 0 Å². The quantitative estimate of drug-likeness (QED) is 0.325. The number of nitrogens with zero attached hydrogens (tertiary/aromatic N) is 1. The number of benzene rings is 4. The molecule has 4 aromatic carbocycles. The van der Waals surface area contributed by atoms with Crippen molar-refractivity contribution in [3.05, 3.63) is 138 Å². The normalized spacial score (nSPS) is 16.9. The highest BCUT2D eigenvalue weighted by molar-refractivity contribution is 6.12. The van der Waals surface area contributed by atoms with Crippen molar-refractivity contribution < 1.29 is 0 Å². The molecular weight excluding hydrogens is 388 g/mol. The van der Waals surface area contributed by atoms with Crippen LogP contribution in [0.5, 0.6) is 0 Å². The van der Waals surface area contributed by atoms with Crippen molar-refractivity contribution in [1.82, 2.24) is 9.97 Å². The number of hydrogen-bond donors (Lipinski definition) is 1. The molecule has 0 saturated carbocycles. The van der Waals surface area contributed by atoms with E-state index < -0.39 is 5.41 Å². The van der Waals surface area contributed by atoms with E-state index in [1.54, 1.807) is 0 Å². The van der Waals surface area contributed by atoms with Gasteiger partial charge in [0.25, 0.3) is 0 Å². The van der Waals surface area contributed by atoms with Gasteiger partial charge in [-0.25, -0.2) is 0 Å². The second-order valence-electron chi connectivity index (χ2n) is 8.48. The predicted octanol–water partition coefficient (Wildman–Crippen LogP) is 7.08. The third kappa shape index (κ3) is 2.11.